The summed E-state index contributed by atoms with van der Waals surface area (Å²) in [5.74, 6) is 1.87. The van der Waals surface area contributed by atoms with Crippen LogP contribution in [-0.2, 0) is 0 Å². The zero-order valence-electron chi connectivity index (χ0n) is 11.2. The van der Waals surface area contributed by atoms with E-state index in [0.717, 1.165) is 23.9 Å². The highest BCUT2D eigenvalue weighted by molar-refractivity contribution is 4.83. The summed E-state index contributed by atoms with van der Waals surface area (Å²) >= 11 is 0. The molecule has 1 heteroatoms. The zero-order chi connectivity index (χ0) is 11.4. The third-order valence-corrected chi connectivity index (χ3v) is 4.73. The molecule has 0 aromatic rings. The van der Waals surface area contributed by atoms with Gasteiger partial charge in [-0.25, -0.2) is 0 Å². The van der Waals surface area contributed by atoms with Crippen molar-refractivity contribution in [3.63, 3.8) is 0 Å². The molecule has 0 spiro atoms. The highest BCUT2D eigenvalue weighted by atomic mass is 15.0. The van der Waals surface area contributed by atoms with E-state index in [-0.39, 0.29) is 0 Å². The van der Waals surface area contributed by atoms with Gasteiger partial charge in [-0.2, -0.15) is 0 Å². The van der Waals surface area contributed by atoms with E-state index in [9.17, 15) is 0 Å². The highest BCUT2D eigenvalue weighted by Gasteiger charge is 2.26. The molecule has 2 saturated carbocycles. The molecular weight excluding hydrogens is 194 g/mol. The van der Waals surface area contributed by atoms with Crippen molar-refractivity contribution in [2.24, 2.45) is 11.8 Å². The molecule has 2 rings (SSSR count). The number of nitrogens with one attached hydrogen (secondary N) is 1. The summed E-state index contributed by atoms with van der Waals surface area (Å²) in [5.41, 5.74) is 0. The zero-order valence-corrected chi connectivity index (χ0v) is 11.2. The summed E-state index contributed by atoms with van der Waals surface area (Å²) in [4.78, 5) is 0. The predicted molar refractivity (Wildman–Crippen MR) is 70.6 cm³/mol. The summed E-state index contributed by atoms with van der Waals surface area (Å²) < 4.78 is 0. The molecule has 1 N–H and O–H groups in total. The topological polar surface area (TPSA) is 12.0 Å². The van der Waals surface area contributed by atoms with E-state index < -0.39 is 0 Å². The molecule has 0 aromatic carbocycles. The van der Waals surface area contributed by atoms with Crippen LogP contribution < -0.4 is 5.32 Å². The summed E-state index contributed by atoms with van der Waals surface area (Å²) in [6.45, 7) is 4.79. The van der Waals surface area contributed by atoms with E-state index in [1.54, 1.807) is 0 Å². The second kappa shape index (κ2) is 6.05. The first-order valence-corrected chi connectivity index (χ1v) is 7.51. The summed E-state index contributed by atoms with van der Waals surface area (Å²) in [6.07, 6.45) is 13.0. The average molecular weight is 223 g/mol. The molecule has 2 atom stereocenters. The summed E-state index contributed by atoms with van der Waals surface area (Å²) in [7, 11) is 0. The normalized spacial score (nSPS) is 33.2. The van der Waals surface area contributed by atoms with Crippen molar-refractivity contribution in [1.29, 1.82) is 0 Å². The molecule has 0 bridgehead atoms. The monoisotopic (exact) mass is 223 g/mol. The first-order valence-electron chi connectivity index (χ1n) is 7.51. The van der Waals surface area contributed by atoms with Crippen LogP contribution in [0.3, 0.4) is 0 Å². The first-order chi connectivity index (χ1) is 7.75. The van der Waals surface area contributed by atoms with Crippen LogP contribution in [0, 0.1) is 11.8 Å². The van der Waals surface area contributed by atoms with Gasteiger partial charge in [0.15, 0.2) is 0 Å². The minimum absolute atomic E-state index is 0.837. The Kier molecular flexibility index (Phi) is 4.69. The average Bonchev–Trinajstić information content (AvgIpc) is 2.30. The predicted octanol–water partition coefficient (Wildman–Crippen LogP) is 4.12. The van der Waals surface area contributed by atoms with Crippen LogP contribution >= 0.6 is 0 Å². The quantitative estimate of drug-likeness (QED) is 0.759. The lowest BCUT2D eigenvalue weighted by Crippen LogP contribution is -2.42. The molecule has 0 heterocycles. The van der Waals surface area contributed by atoms with Gasteiger partial charge in [-0.3, -0.25) is 0 Å². The van der Waals surface area contributed by atoms with Gasteiger partial charge in [-0.05, 0) is 37.5 Å². The Labute approximate surface area is 101 Å². The number of hydrogen-bond acceptors (Lipinski definition) is 1. The van der Waals surface area contributed by atoms with E-state index in [4.69, 9.17) is 0 Å². The van der Waals surface area contributed by atoms with Crippen LogP contribution in [0.5, 0.6) is 0 Å². The van der Waals surface area contributed by atoms with Gasteiger partial charge in [-0.1, -0.05) is 46.0 Å². The third kappa shape index (κ3) is 3.48. The Morgan fingerprint density at radius 1 is 0.812 bits per heavy atom. The third-order valence-electron chi connectivity index (χ3n) is 4.73. The largest absolute Gasteiger partial charge is 0.311 e. The highest BCUT2D eigenvalue weighted by Crippen LogP contribution is 2.31. The molecule has 0 amide bonds. The summed E-state index contributed by atoms with van der Waals surface area (Å²) in [6, 6.07) is 1.69. The lowest BCUT2D eigenvalue weighted by atomic mass is 9.79. The number of hydrogen-bond donors (Lipinski definition) is 1. The number of rotatable bonds is 3. The molecule has 2 aliphatic carbocycles. The Bertz CT molecular complexity index is 194. The van der Waals surface area contributed by atoms with Gasteiger partial charge < -0.3 is 5.32 Å². The van der Waals surface area contributed by atoms with E-state index in [0.29, 0.717) is 0 Å². The second-order valence-corrected chi connectivity index (χ2v) is 6.37. The molecular formula is C15H29N. The van der Waals surface area contributed by atoms with Gasteiger partial charge >= 0.3 is 0 Å². The van der Waals surface area contributed by atoms with Crippen molar-refractivity contribution >= 4 is 0 Å². The van der Waals surface area contributed by atoms with E-state index in [1.807, 2.05) is 0 Å². The second-order valence-electron chi connectivity index (χ2n) is 6.37. The molecule has 0 aliphatic heterocycles. The molecule has 0 saturated heterocycles. The maximum atomic E-state index is 3.94. The van der Waals surface area contributed by atoms with Crippen molar-refractivity contribution in [3.05, 3.63) is 0 Å². The van der Waals surface area contributed by atoms with Gasteiger partial charge in [0, 0.05) is 12.1 Å². The van der Waals surface area contributed by atoms with Gasteiger partial charge in [0.1, 0.15) is 0 Å². The lowest BCUT2D eigenvalue weighted by Gasteiger charge is -2.35. The van der Waals surface area contributed by atoms with Gasteiger partial charge in [0.05, 0.1) is 0 Å². The smallest absolute Gasteiger partial charge is 0.00723 e. The van der Waals surface area contributed by atoms with Crippen molar-refractivity contribution in [2.75, 3.05) is 0 Å². The van der Waals surface area contributed by atoms with Crippen LogP contribution in [0.15, 0.2) is 0 Å². The van der Waals surface area contributed by atoms with Crippen LogP contribution in [-0.4, -0.2) is 12.1 Å². The van der Waals surface area contributed by atoms with Crippen LogP contribution in [0.4, 0.5) is 0 Å². The SMILES string of the molecule is CC(C)C1CCCC(NC2CCCCC2)C1. The molecule has 2 fully saturated rings. The molecule has 2 aliphatic rings. The maximum absolute atomic E-state index is 3.94. The van der Waals surface area contributed by atoms with Crippen LogP contribution in [0.1, 0.15) is 71.6 Å². The Morgan fingerprint density at radius 2 is 1.50 bits per heavy atom. The van der Waals surface area contributed by atoms with E-state index >= 15 is 0 Å². The van der Waals surface area contributed by atoms with E-state index in [2.05, 4.69) is 19.2 Å². The molecule has 94 valence electrons. The molecule has 1 nitrogen and oxygen atoms in total. The van der Waals surface area contributed by atoms with E-state index in [1.165, 1.54) is 57.8 Å². The Morgan fingerprint density at radius 3 is 2.19 bits per heavy atom. The molecule has 16 heavy (non-hydrogen) atoms. The van der Waals surface area contributed by atoms with Crippen molar-refractivity contribution < 1.29 is 0 Å². The molecule has 2 unspecified atom stereocenters. The fourth-order valence-electron chi connectivity index (χ4n) is 3.59. The first kappa shape index (κ1) is 12.4. The van der Waals surface area contributed by atoms with Crippen molar-refractivity contribution in [3.8, 4) is 0 Å². The molecule has 0 radical (unpaired) electrons. The minimum Gasteiger partial charge on any atom is -0.311 e. The van der Waals surface area contributed by atoms with Gasteiger partial charge in [0.25, 0.3) is 0 Å². The molecule has 0 aromatic heterocycles. The lowest BCUT2D eigenvalue weighted by molar-refractivity contribution is 0.209. The Hall–Kier alpha value is -0.0400. The van der Waals surface area contributed by atoms with Gasteiger partial charge in [0.2, 0.25) is 0 Å². The fraction of sp³-hybridized carbons (Fsp3) is 1.00. The van der Waals surface area contributed by atoms with Gasteiger partial charge in [-0.15, -0.1) is 0 Å². The van der Waals surface area contributed by atoms with Crippen molar-refractivity contribution in [2.45, 2.75) is 83.7 Å². The summed E-state index contributed by atoms with van der Waals surface area (Å²) in [5, 5.41) is 3.94. The Balaban J connectivity index is 1.75. The fourth-order valence-corrected chi connectivity index (χ4v) is 3.59. The minimum atomic E-state index is 0.837. The standard InChI is InChI=1S/C15H29N/c1-12(2)13-7-6-10-15(11-13)16-14-8-4-3-5-9-14/h12-16H,3-11H2,1-2H3. The van der Waals surface area contributed by atoms with Crippen molar-refractivity contribution in [1.82, 2.24) is 5.32 Å². The maximum Gasteiger partial charge on any atom is 0.00723 e. The van der Waals surface area contributed by atoms with Crippen LogP contribution in [0.25, 0.3) is 0 Å². The van der Waals surface area contributed by atoms with Crippen LogP contribution in [0.2, 0.25) is 0 Å².